The third-order valence-corrected chi connectivity index (χ3v) is 3.33. The lowest BCUT2D eigenvalue weighted by molar-refractivity contribution is 0.590. The second-order valence-corrected chi connectivity index (χ2v) is 5.96. The van der Waals surface area contributed by atoms with Crippen molar-refractivity contribution in [1.29, 1.82) is 0 Å². The molecule has 4 heteroatoms. The second-order valence-electron chi connectivity index (χ2n) is 5.96. The second kappa shape index (κ2) is 4.78. The molecule has 0 saturated carbocycles. The van der Waals surface area contributed by atoms with Gasteiger partial charge in [0, 0.05) is 12.6 Å². The van der Waals surface area contributed by atoms with Crippen LogP contribution in [0.3, 0.4) is 0 Å². The Morgan fingerprint density at radius 1 is 1.26 bits per heavy atom. The fourth-order valence-corrected chi connectivity index (χ4v) is 2.09. The molecular weight excluding hydrogens is 236 g/mol. The third-order valence-electron chi connectivity index (χ3n) is 3.33. The number of aromatic nitrogens is 3. The van der Waals surface area contributed by atoms with Crippen LogP contribution in [0.4, 0.5) is 0 Å². The molecule has 1 heterocycles. The summed E-state index contributed by atoms with van der Waals surface area (Å²) >= 11 is 0. The summed E-state index contributed by atoms with van der Waals surface area (Å²) in [4.78, 5) is 4.51. The van der Waals surface area contributed by atoms with Gasteiger partial charge in [-0.15, -0.1) is 0 Å². The van der Waals surface area contributed by atoms with Gasteiger partial charge >= 0.3 is 0 Å². The molecule has 19 heavy (non-hydrogen) atoms. The van der Waals surface area contributed by atoms with Gasteiger partial charge in [-0.2, -0.15) is 5.10 Å². The quantitative estimate of drug-likeness (QED) is 0.900. The van der Waals surface area contributed by atoms with Crippen molar-refractivity contribution in [3.05, 3.63) is 35.2 Å². The molecule has 0 atom stereocenters. The molecule has 2 N–H and O–H groups in total. The maximum absolute atomic E-state index is 5.61. The van der Waals surface area contributed by atoms with E-state index in [1.54, 1.807) is 4.68 Å². The highest BCUT2D eigenvalue weighted by Gasteiger charge is 2.17. The Kier molecular flexibility index (Phi) is 3.45. The number of rotatable bonds is 2. The van der Waals surface area contributed by atoms with E-state index in [1.165, 1.54) is 11.1 Å². The monoisotopic (exact) mass is 258 g/mol. The Balaban J connectivity index is 2.57. The lowest BCUT2D eigenvalue weighted by Gasteiger charge is -2.20. The maximum atomic E-state index is 5.61. The average molecular weight is 258 g/mol. The highest BCUT2D eigenvalue weighted by atomic mass is 15.3. The van der Waals surface area contributed by atoms with E-state index in [1.807, 2.05) is 7.05 Å². The van der Waals surface area contributed by atoms with Crippen LogP contribution in [0.2, 0.25) is 0 Å². The molecule has 0 radical (unpaired) electrons. The minimum absolute atomic E-state index is 0.123. The molecule has 0 bridgehead atoms. The smallest absolute Gasteiger partial charge is 0.164 e. The molecule has 0 spiro atoms. The minimum Gasteiger partial charge on any atom is -0.324 e. The molecule has 0 unspecified atom stereocenters. The van der Waals surface area contributed by atoms with E-state index in [0.717, 1.165) is 11.4 Å². The van der Waals surface area contributed by atoms with Crippen molar-refractivity contribution >= 4 is 0 Å². The maximum Gasteiger partial charge on any atom is 0.164 e. The fraction of sp³-hybridized carbons (Fsp3) is 0.467. The van der Waals surface area contributed by atoms with Gasteiger partial charge in [-0.05, 0) is 29.5 Å². The van der Waals surface area contributed by atoms with Crippen LogP contribution in [-0.2, 0) is 19.0 Å². The van der Waals surface area contributed by atoms with Gasteiger partial charge in [0.25, 0.3) is 0 Å². The van der Waals surface area contributed by atoms with E-state index in [-0.39, 0.29) is 5.41 Å². The van der Waals surface area contributed by atoms with Gasteiger partial charge < -0.3 is 5.73 Å². The Bertz CT molecular complexity index is 591. The van der Waals surface area contributed by atoms with E-state index in [2.05, 4.69) is 56.0 Å². The van der Waals surface area contributed by atoms with Gasteiger partial charge in [-0.3, -0.25) is 0 Å². The molecule has 2 rings (SSSR count). The summed E-state index contributed by atoms with van der Waals surface area (Å²) < 4.78 is 1.80. The van der Waals surface area contributed by atoms with Crippen molar-refractivity contribution in [2.75, 3.05) is 0 Å². The standard InChI is InChI=1S/C15H22N4/c1-10-6-7-11(15(2,3)4)8-12(10)14-17-13(9-16)18-19(14)5/h6-8H,9,16H2,1-5H3. The van der Waals surface area contributed by atoms with Crippen LogP contribution in [0, 0.1) is 6.92 Å². The average Bonchev–Trinajstić information content (AvgIpc) is 2.69. The first kappa shape index (κ1) is 13.7. The molecule has 102 valence electrons. The predicted octanol–water partition coefficient (Wildman–Crippen LogP) is 2.55. The van der Waals surface area contributed by atoms with Crippen molar-refractivity contribution in [1.82, 2.24) is 14.8 Å². The zero-order chi connectivity index (χ0) is 14.2. The Morgan fingerprint density at radius 2 is 1.95 bits per heavy atom. The first-order valence-corrected chi connectivity index (χ1v) is 6.54. The van der Waals surface area contributed by atoms with Crippen LogP contribution in [0.1, 0.15) is 37.7 Å². The topological polar surface area (TPSA) is 56.7 Å². The lowest BCUT2D eigenvalue weighted by atomic mass is 9.85. The molecular formula is C15H22N4. The molecule has 1 aromatic carbocycles. The van der Waals surface area contributed by atoms with Crippen LogP contribution in [0.25, 0.3) is 11.4 Å². The molecule has 0 saturated heterocycles. The van der Waals surface area contributed by atoms with E-state index in [4.69, 9.17) is 5.73 Å². The Morgan fingerprint density at radius 3 is 2.47 bits per heavy atom. The van der Waals surface area contributed by atoms with E-state index >= 15 is 0 Å². The predicted molar refractivity (Wildman–Crippen MR) is 77.8 cm³/mol. The van der Waals surface area contributed by atoms with Crippen LogP contribution < -0.4 is 5.73 Å². The molecule has 0 aliphatic heterocycles. The van der Waals surface area contributed by atoms with Gasteiger partial charge in [0.05, 0.1) is 6.54 Å². The summed E-state index contributed by atoms with van der Waals surface area (Å²) in [7, 11) is 1.91. The molecule has 1 aromatic heterocycles. The third kappa shape index (κ3) is 2.68. The molecule has 0 amide bonds. The largest absolute Gasteiger partial charge is 0.324 e. The van der Waals surface area contributed by atoms with Gasteiger partial charge in [0.2, 0.25) is 0 Å². The molecule has 0 aliphatic rings. The summed E-state index contributed by atoms with van der Waals surface area (Å²) in [6, 6.07) is 6.53. The van der Waals surface area contributed by atoms with Crippen LogP contribution in [0.5, 0.6) is 0 Å². The Hall–Kier alpha value is -1.68. The van der Waals surface area contributed by atoms with Crippen molar-refractivity contribution in [2.45, 2.75) is 39.7 Å². The number of benzene rings is 1. The van der Waals surface area contributed by atoms with E-state index in [9.17, 15) is 0 Å². The van der Waals surface area contributed by atoms with Crippen molar-refractivity contribution in [3.8, 4) is 11.4 Å². The van der Waals surface area contributed by atoms with Crippen LogP contribution in [-0.4, -0.2) is 14.8 Å². The number of hydrogen-bond acceptors (Lipinski definition) is 3. The van der Waals surface area contributed by atoms with Crippen molar-refractivity contribution < 1.29 is 0 Å². The normalized spacial score (nSPS) is 11.9. The molecule has 4 nitrogen and oxygen atoms in total. The summed E-state index contributed by atoms with van der Waals surface area (Å²) in [6.07, 6.45) is 0. The highest BCUT2D eigenvalue weighted by Crippen LogP contribution is 2.29. The molecule has 2 aromatic rings. The Labute approximate surface area is 114 Å². The van der Waals surface area contributed by atoms with Crippen LogP contribution in [0.15, 0.2) is 18.2 Å². The fourth-order valence-electron chi connectivity index (χ4n) is 2.09. The lowest BCUT2D eigenvalue weighted by Crippen LogP contribution is -2.11. The molecule has 0 aliphatic carbocycles. The first-order valence-electron chi connectivity index (χ1n) is 6.54. The van der Waals surface area contributed by atoms with Crippen molar-refractivity contribution in [2.24, 2.45) is 12.8 Å². The summed E-state index contributed by atoms with van der Waals surface area (Å²) in [5.41, 5.74) is 9.36. The van der Waals surface area contributed by atoms with Gasteiger partial charge in [-0.1, -0.05) is 32.9 Å². The number of aryl methyl sites for hydroxylation is 2. The number of nitrogens with two attached hydrogens (primary N) is 1. The highest BCUT2D eigenvalue weighted by molar-refractivity contribution is 5.62. The molecule has 0 fully saturated rings. The zero-order valence-corrected chi connectivity index (χ0v) is 12.4. The number of nitrogens with zero attached hydrogens (tertiary/aromatic N) is 3. The summed E-state index contributed by atoms with van der Waals surface area (Å²) in [6.45, 7) is 9.10. The van der Waals surface area contributed by atoms with E-state index in [0.29, 0.717) is 12.4 Å². The first-order chi connectivity index (χ1) is 8.82. The number of hydrogen-bond donors (Lipinski definition) is 1. The van der Waals surface area contributed by atoms with Gasteiger partial charge in [-0.25, -0.2) is 9.67 Å². The zero-order valence-electron chi connectivity index (χ0n) is 12.4. The summed E-state index contributed by atoms with van der Waals surface area (Å²) in [5.74, 6) is 1.56. The van der Waals surface area contributed by atoms with E-state index < -0.39 is 0 Å². The van der Waals surface area contributed by atoms with Crippen LogP contribution >= 0.6 is 0 Å². The van der Waals surface area contributed by atoms with Crippen molar-refractivity contribution in [3.63, 3.8) is 0 Å². The SMILES string of the molecule is Cc1ccc(C(C)(C)C)cc1-c1nc(CN)nn1C. The van der Waals surface area contributed by atoms with Gasteiger partial charge in [0.1, 0.15) is 0 Å². The van der Waals surface area contributed by atoms with Gasteiger partial charge in [0.15, 0.2) is 11.6 Å². The minimum atomic E-state index is 0.123. The summed E-state index contributed by atoms with van der Waals surface area (Å²) in [5, 5.41) is 4.32.